The quantitative estimate of drug-likeness (QED) is 0.780. The van der Waals surface area contributed by atoms with Gasteiger partial charge in [-0.1, -0.05) is 44.2 Å². The van der Waals surface area contributed by atoms with Crippen molar-refractivity contribution >= 4 is 5.91 Å². The number of nitrogens with zero attached hydrogens (tertiary/aromatic N) is 1. The molecule has 154 valence electrons. The molecule has 0 aliphatic carbocycles. The third kappa shape index (κ3) is 4.73. The maximum Gasteiger partial charge on any atom is 0.231 e. The Bertz CT molecular complexity index is 865. The summed E-state index contributed by atoms with van der Waals surface area (Å²) in [5.41, 5.74) is 3.97. The fourth-order valence-electron chi connectivity index (χ4n) is 4.25. The normalized spacial score (nSPS) is 16.5. The van der Waals surface area contributed by atoms with Gasteiger partial charge < -0.3 is 14.8 Å². The number of fused-ring (bicyclic) bond motifs is 2. The highest BCUT2D eigenvalue weighted by Gasteiger charge is 2.26. The van der Waals surface area contributed by atoms with Gasteiger partial charge in [0.25, 0.3) is 0 Å². The number of nitrogens with one attached hydrogen (secondary N) is 1. The average molecular weight is 395 g/mol. The second-order valence-corrected chi connectivity index (χ2v) is 8.29. The van der Waals surface area contributed by atoms with Crippen LogP contribution < -0.4 is 14.8 Å². The van der Waals surface area contributed by atoms with Crippen molar-refractivity contribution < 1.29 is 14.3 Å². The van der Waals surface area contributed by atoms with E-state index < -0.39 is 0 Å². The summed E-state index contributed by atoms with van der Waals surface area (Å²) in [6, 6.07) is 14.9. The monoisotopic (exact) mass is 394 g/mol. The number of benzene rings is 2. The van der Waals surface area contributed by atoms with E-state index in [0.29, 0.717) is 31.3 Å². The first-order valence-corrected chi connectivity index (χ1v) is 10.6. The highest BCUT2D eigenvalue weighted by atomic mass is 16.7. The maximum atomic E-state index is 12.5. The standard InChI is InChI=1S/C24H30N2O3/c1-17(2)21(26-12-11-19-5-3-4-6-20(19)15-26)14-25-24(27)10-8-18-7-9-22-23(13-18)29-16-28-22/h3-7,9,13,17,21H,8,10-12,14-16H2,1-2H3,(H,25,27)/t21-/m1/s1. The molecule has 29 heavy (non-hydrogen) atoms. The molecule has 1 N–H and O–H groups in total. The Morgan fingerprint density at radius 1 is 1.10 bits per heavy atom. The van der Waals surface area contributed by atoms with E-state index >= 15 is 0 Å². The molecule has 2 aliphatic rings. The lowest BCUT2D eigenvalue weighted by atomic mass is 9.95. The zero-order valence-electron chi connectivity index (χ0n) is 17.3. The number of hydrogen-bond acceptors (Lipinski definition) is 4. The molecule has 0 unspecified atom stereocenters. The number of aryl methyl sites for hydroxylation is 1. The number of carbonyl (C=O) groups is 1. The molecule has 1 atom stereocenters. The molecule has 2 heterocycles. The molecular weight excluding hydrogens is 364 g/mol. The molecule has 2 aromatic rings. The van der Waals surface area contributed by atoms with Crippen LogP contribution in [0.15, 0.2) is 42.5 Å². The van der Waals surface area contributed by atoms with Gasteiger partial charge in [0.05, 0.1) is 0 Å². The van der Waals surface area contributed by atoms with Crippen molar-refractivity contribution in [3.63, 3.8) is 0 Å². The second kappa shape index (κ2) is 8.87. The van der Waals surface area contributed by atoms with E-state index in [1.807, 2.05) is 18.2 Å². The summed E-state index contributed by atoms with van der Waals surface area (Å²) in [6.45, 7) is 7.46. The molecule has 0 bridgehead atoms. The maximum absolute atomic E-state index is 12.5. The topological polar surface area (TPSA) is 50.8 Å². The van der Waals surface area contributed by atoms with Crippen molar-refractivity contribution in [3.8, 4) is 11.5 Å². The number of ether oxygens (including phenoxy) is 2. The van der Waals surface area contributed by atoms with E-state index in [1.54, 1.807) is 0 Å². The SMILES string of the molecule is CC(C)[C@@H](CNC(=O)CCc1ccc2c(c1)OCO2)N1CCc2ccccc2C1. The first-order valence-electron chi connectivity index (χ1n) is 10.6. The van der Waals surface area contributed by atoms with Gasteiger partial charge in [0.1, 0.15) is 0 Å². The van der Waals surface area contributed by atoms with Gasteiger partial charge in [-0.05, 0) is 47.6 Å². The van der Waals surface area contributed by atoms with Crippen molar-refractivity contribution in [3.05, 3.63) is 59.2 Å². The minimum atomic E-state index is 0.103. The fourth-order valence-corrected chi connectivity index (χ4v) is 4.25. The summed E-state index contributed by atoms with van der Waals surface area (Å²) in [5, 5.41) is 3.17. The Kier molecular flexibility index (Phi) is 6.05. The average Bonchev–Trinajstić information content (AvgIpc) is 3.20. The van der Waals surface area contributed by atoms with Crippen LogP contribution in [0.5, 0.6) is 11.5 Å². The van der Waals surface area contributed by atoms with Gasteiger partial charge in [0.2, 0.25) is 12.7 Å². The van der Waals surface area contributed by atoms with Gasteiger partial charge >= 0.3 is 0 Å². The third-order valence-electron chi connectivity index (χ3n) is 5.98. The van der Waals surface area contributed by atoms with Crippen molar-refractivity contribution in [1.29, 1.82) is 0 Å². The Morgan fingerprint density at radius 2 is 1.90 bits per heavy atom. The van der Waals surface area contributed by atoms with Crippen LogP contribution in [-0.2, 0) is 24.2 Å². The second-order valence-electron chi connectivity index (χ2n) is 8.29. The van der Waals surface area contributed by atoms with Crippen molar-refractivity contribution in [2.75, 3.05) is 19.9 Å². The minimum absolute atomic E-state index is 0.103. The number of carbonyl (C=O) groups excluding carboxylic acids is 1. The highest BCUT2D eigenvalue weighted by molar-refractivity contribution is 5.76. The van der Waals surface area contributed by atoms with Gasteiger partial charge in [-0.2, -0.15) is 0 Å². The minimum Gasteiger partial charge on any atom is -0.454 e. The summed E-state index contributed by atoms with van der Waals surface area (Å²) >= 11 is 0. The summed E-state index contributed by atoms with van der Waals surface area (Å²) in [6.07, 6.45) is 2.26. The molecule has 2 aromatic carbocycles. The van der Waals surface area contributed by atoms with Crippen LogP contribution in [0, 0.1) is 5.92 Å². The molecule has 2 aliphatic heterocycles. The van der Waals surface area contributed by atoms with Crippen LogP contribution in [0.2, 0.25) is 0 Å². The molecule has 0 saturated heterocycles. The van der Waals surface area contributed by atoms with Crippen LogP contribution in [-0.4, -0.2) is 36.7 Å². The predicted molar refractivity (Wildman–Crippen MR) is 113 cm³/mol. The first kappa shape index (κ1) is 19.8. The smallest absolute Gasteiger partial charge is 0.231 e. The Hall–Kier alpha value is -2.53. The largest absolute Gasteiger partial charge is 0.454 e. The molecule has 0 radical (unpaired) electrons. The molecule has 0 fully saturated rings. The van der Waals surface area contributed by atoms with Crippen molar-refractivity contribution in [1.82, 2.24) is 10.2 Å². The van der Waals surface area contributed by atoms with Crippen LogP contribution in [0.1, 0.15) is 37.0 Å². The lowest BCUT2D eigenvalue weighted by Gasteiger charge is -2.38. The molecule has 4 rings (SSSR count). The van der Waals surface area contributed by atoms with E-state index in [4.69, 9.17) is 9.47 Å². The number of rotatable bonds is 7. The van der Waals surface area contributed by atoms with Crippen LogP contribution >= 0.6 is 0 Å². The Morgan fingerprint density at radius 3 is 2.72 bits per heavy atom. The Balaban J connectivity index is 1.29. The van der Waals surface area contributed by atoms with Gasteiger partial charge in [0.15, 0.2) is 11.5 Å². The van der Waals surface area contributed by atoms with E-state index in [9.17, 15) is 4.79 Å². The van der Waals surface area contributed by atoms with E-state index in [2.05, 4.69) is 48.3 Å². The molecular formula is C24H30N2O3. The van der Waals surface area contributed by atoms with E-state index in [0.717, 1.165) is 36.6 Å². The molecule has 0 spiro atoms. The summed E-state index contributed by atoms with van der Waals surface area (Å²) < 4.78 is 10.8. The molecule has 1 amide bonds. The predicted octanol–water partition coefficient (Wildman–Crippen LogP) is 3.55. The molecule has 0 aromatic heterocycles. The summed E-state index contributed by atoms with van der Waals surface area (Å²) in [7, 11) is 0. The van der Waals surface area contributed by atoms with Crippen LogP contribution in [0.3, 0.4) is 0 Å². The van der Waals surface area contributed by atoms with E-state index in [-0.39, 0.29) is 12.7 Å². The van der Waals surface area contributed by atoms with Gasteiger partial charge in [-0.3, -0.25) is 9.69 Å². The highest BCUT2D eigenvalue weighted by Crippen LogP contribution is 2.32. The van der Waals surface area contributed by atoms with Crippen molar-refractivity contribution in [2.45, 2.75) is 45.7 Å². The molecule has 5 nitrogen and oxygen atoms in total. The lowest BCUT2D eigenvalue weighted by molar-refractivity contribution is -0.121. The molecule has 5 heteroatoms. The zero-order valence-corrected chi connectivity index (χ0v) is 17.3. The van der Waals surface area contributed by atoms with Crippen LogP contribution in [0.4, 0.5) is 0 Å². The third-order valence-corrected chi connectivity index (χ3v) is 5.98. The summed E-state index contributed by atoms with van der Waals surface area (Å²) in [5.74, 6) is 2.13. The van der Waals surface area contributed by atoms with Gasteiger partial charge in [-0.25, -0.2) is 0 Å². The zero-order chi connectivity index (χ0) is 20.2. The van der Waals surface area contributed by atoms with Gasteiger partial charge in [-0.15, -0.1) is 0 Å². The van der Waals surface area contributed by atoms with E-state index in [1.165, 1.54) is 11.1 Å². The van der Waals surface area contributed by atoms with Gasteiger partial charge in [0, 0.05) is 32.1 Å². The number of amides is 1. The van der Waals surface area contributed by atoms with Crippen LogP contribution in [0.25, 0.3) is 0 Å². The molecule has 0 saturated carbocycles. The summed E-state index contributed by atoms with van der Waals surface area (Å²) in [4.78, 5) is 15.0. The van der Waals surface area contributed by atoms with Crippen molar-refractivity contribution in [2.24, 2.45) is 5.92 Å². The number of hydrogen-bond donors (Lipinski definition) is 1. The first-order chi connectivity index (χ1) is 14.1. The fraction of sp³-hybridized carbons (Fsp3) is 0.458. The Labute approximate surface area is 173 Å². The lowest BCUT2D eigenvalue weighted by Crippen LogP contribution is -2.48.